The first-order valence-electron chi connectivity index (χ1n) is 5.27. The summed E-state index contributed by atoms with van der Waals surface area (Å²) in [5, 5.41) is 0. The molecule has 0 bridgehead atoms. The molecule has 0 heterocycles. The molecule has 0 aliphatic rings. The van der Waals surface area contributed by atoms with Gasteiger partial charge in [-0.25, -0.2) is 9.18 Å². The second kappa shape index (κ2) is 6.49. The van der Waals surface area contributed by atoms with E-state index in [0.717, 1.165) is 6.08 Å². The fourth-order valence-electron chi connectivity index (χ4n) is 1.35. The molecule has 0 aromatic heterocycles. The van der Waals surface area contributed by atoms with Crippen LogP contribution in [-0.2, 0) is 9.53 Å². The molecule has 0 aliphatic heterocycles. The van der Waals surface area contributed by atoms with Crippen LogP contribution in [0.5, 0.6) is 0 Å². The zero-order chi connectivity index (χ0) is 13.5. The summed E-state index contributed by atoms with van der Waals surface area (Å²) in [6, 6.07) is 6.62. The van der Waals surface area contributed by atoms with Crippen LogP contribution in [0.1, 0.15) is 22.8 Å². The summed E-state index contributed by atoms with van der Waals surface area (Å²) in [7, 11) is 1.26. The highest BCUT2D eigenvalue weighted by Crippen LogP contribution is 2.13. The summed E-state index contributed by atoms with van der Waals surface area (Å²) < 4.78 is 17.1. The fourth-order valence-corrected chi connectivity index (χ4v) is 1.35. The Hall–Kier alpha value is -2.23. The molecule has 0 unspecified atom stereocenters. The quantitative estimate of drug-likeness (QED) is 0.467. The number of benzene rings is 1. The number of hydrogen-bond acceptors (Lipinski definition) is 3. The van der Waals surface area contributed by atoms with Crippen molar-refractivity contribution in [3.05, 3.63) is 53.4 Å². The maximum absolute atomic E-state index is 12.7. The van der Waals surface area contributed by atoms with Gasteiger partial charge in [0.05, 0.1) is 7.11 Å². The Balaban J connectivity index is 3.07. The van der Waals surface area contributed by atoms with Gasteiger partial charge in [-0.15, -0.1) is 0 Å². The lowest BCUT2D eigenvalue weighted by Gasteiger charge is -2.01. The van der Waals surface area contributed by atoms with E-state index in [0.29, 0.717) is 11.1 Å². The number of halogens is 1. The molecule has 0 fully saturated rings. The molecule has 94 valence electrons. The van der Waals surface area contributed by atoms with Crippen molar-refractivity contribution >= 4 is 17.8 Å². The highest BCUT2D eigenvalue weighted by molar-refractivity contribution is 6.07. The van der Waals surface area contributed by atoms with Crippen molar-refractivity contribution in [2.75, 3.05) is 7.11 Å². The van der Waals surface area contributed by atoms with Gasteiger partial charge in [-0.05, 0) is 18.6 Å². The molecule has 0 radical (unpaired) electrons. The van der Waals surface area contributed by atoms with Crippen LogP contribution in [-0.4, -0.2) is 18.9 Å². The molecule has 0 spiro atoms. The van der Waals surface area contributed by atoms with Crippen molar-refractivity contribution in [3.63, 3.8) is 0 Å². The van der Waals surface area contributed by atoms with Gasteiger partial charge in [0.25, 0.3) is 0 Å². The van der Waals surface area contributed by atoms with Crippen LogP contribution in [0.3, 0.4) is 0 Å². The average molecular weight is 248 g/mol. The van der Waals surface area contributed by atoms with Crippen molar-refractivity contribution in [3.8, 4) is 0 Å². The predicted molar refractivity (Wildman–Crippen MR) is 66.7 cm³/mol. The van der Waals surface area contributed by atoms with Crippen LogP contribution in [0.4, 0.5) is 4.39 Å². The molecule has 1 rings (SSSR count). The van der Waals surface area contributed by atoms with Gasteiger partial charge < -0.3 is 4.74 Å². The van der Waals surface area contributed by atoms with Crippen LogP contribution in [0.25, 0.3) is 6.08 Å². The molecular formula is C14H13FO3. The van der Waals surface area contributed by atoms with Gasteiger partial charge in [0, 0.05) is 17.7 Å². The van der Waals surface area contributed by atoms with E-state index in [1.54, 1.807) is 24.3 Å². The minimum atomic E-state index is -0.563. The van der Waals surface area contributed by atoms with E-state index in [2.05, 4.69) is 4.74 Å². The molecule has 18 heavy (non-hydrogen) atoms. The standard InChI is InChI=1S/C14H13FO3/c1-10(15)9-13(16)12-6-4-3-5-11(12)7-8-14(17)18-2/h3-9H,1-2H3/b8-7+,10-9+. The van der Waals surface area contributed by atoms with E-state index in [1.807, 2.05) is 0 Å². The maximum Gasteiger partial charge on any atom is 0.330 e. The Morgan fingerprint density at radius 2 is 1.94 bits per heavy atom. The molecule has 4 heteroatoms. The highest BCUT2D eigenvalue weighted by Gasteiger charge is 2.07. The fraction of sp³-hybridized carbons (Fsp3) is 0.143. The topological polar surface area (TPSA) is 43.4 Å². The second-order valence-corrected chi connectivity index (χ2v) is 3.54. The second-order valence-electron chi connectivity index (χ2n) is 3.54. The summed E-state index contributed by atoms with van der Waals surface area (Å²) in [5.74, 6) is -1.53. The lowest BCUT2D eigenvalue weighted by molar-refractivity contribution is -0.134. The van der Waals surface area contributed by atoms with Crippen molar-refractivity contribution < 1.29 is 18.7 Å². The first kappa shape index (κ1) is 13.8. The van der Waals surface area contributed by atoms with Gasteiger partial charge in [-0.2, -0.15) is 0 Å². The third-order valence-electron chi connectivity index (χ3n) is 2.16. The van der Waals surface area contributed by atoms with Gasteiger partial charge >= 0.3 is 5.97 Å². The van der Waals surface area contributed by atoms with E-state index >= 15 is 0 Å². The molecule has 3 nitrogen and oxygen atoms in total. The summed E-state index contributed by atoms with van der Waals surface area (Å²) in [5.41, 5.74) is 0.861. The minimum Gasteiger partial charge on any atom is -0.466 e. The van der Waals surface area contributed by atoms with Gasteiger partial charge in [0.15, 0.2) is 5.78 Å². The van der Waals surface area contributed by atoms with Gasteiger partial charge in [-0.3, -0.25) is 4.79 Å². The van der Waals surface area contributed by atoms with E-state index < -0.39 is 17.6 Å². The molecule has 0 atom stereocenters. The summed E-state index contributed by atoms with van der Waals surface area (Å²) >= 11 is 0. The molecule has 1 aromatic carbocycles. The maximum atomic E-state index is 12.7. The van der Waals surface area contributed by atoms with Crippen LogP contribution >= 0.6 is 0 Å². The SMILES string of the molecule is COC(=O)/C=C/c1ccccc1C(=O)/C=C(\C)F. The molecule has 0 N–H and O–H groups in total. The van der Waals surface area contributed by atoms with Crippen molar-refractivity contribution in [1.29, 1.82) is 0 Å². The lowest BCUT2D eigenvalue weighted by atomic mass is 10.0. The number of carbonyl (C=O) groups is 2. The number of carbonyl (C=O) groups excluding carboxylic acids is 2. The summed E-state index contributed by atoms with van der Waals surface area (Å²) in [6.45, 7) is 1.20. The zero-order valence-electron chi connectivity index (χ0n) is 10.1. The molecular weight excluding hydrogens is 235 g/mol. The van der Waals surface area contributed by atoms with Crippen LogP contribution < -0.4 is 0 Å². The van der Waals surface area contributed by atoms with Crippen LogP contribution in [0.2, 0.25) is 0 Å². The van der Waals surface area contributed by atoms with Crippen molar-refractivity contribution in [2.24, 2.45) is 0 Å². The normalized spacial score (nSPS) is 11.6. The number of allylic oxidation sites excluding steroid dienone is 2. The Bertz CT molecular complexity index is 512. The predicted octanol–water partition coefficient (Wildman–Crippen LogP) is 2.93. The number of methoxy groups -OCH3 is 1. The molecule has 1 aromatic rings. The number of esters is 1. The number of rotatable bonds is 4. The van der Waals surface area contributed by atoms with E-state index in [4.69, 9.17) is 0 Å². The first-order chi connectivity index (χ1) is 8.54. The highest BCUT2D eigenvalue weighted by atomic mass is 19.1. The van der Waals surface area contributed by atoms with Crippen LogP contribution in [0, 0.1) is 0 Å². The van der Waals surface area contributed by atoms with E-state index in [-0.39, 0.29) is 0 Å². The first-order valence-corrected chi connectivity index (χ1v) is 5.27. The summed E-state index contributed by atoms with van der Waals surface area (Å²) in [4.78, 5) is 22.7. The van der Waals surface area contributed by atoms with Gasteiger partial charge in [0.1, 0.15) is 5.83 Å². The van der Waals surface area contributed by atoms with E-state index in [9.17, 15) is 14.0 Å². The van der Waals surface area contributed by atoms with E-state index in [1.165, 1.54) is 26.2 Å². The van der Waals surface area contributed by atoms with Crippen molar-refractivity contribution in [1.82, 2.24) is 0 Å². The summed E-state index contributed by atoms with van der Waals surface area (Å²) in [6.07, 6.45) is 3.57. The zero-order valence-corrected chi connectivity index (χ0v) is 10.1. The number of ketones is 1. The third kappa shape index (κ3) is 3.97. The lowest BCUT2D eigenvalue weighted by Crippen LogP contribution is -1.99. The number of hydrogen-bond donors (Lipinski definition) is 0. The monoisotopic (exact) mass is 248 g/mol. The molecule has 0 aliphatic carbocycles. The van der Waals surface area contributed by atoms with Crippen molar-refractivity contribution in [2.45, 2.75) is 6.92 Å². The van der Waals surface area contributed by atoms with Gasteiger partial charge in [0.2, 0.25) is 0 Å². The molecule has 0 saturated carbocycles. The number of ether oxygens (including phenoxy) is 1. The smallest absolute Gasteiger partial charge is 0.330 e. The molecule has 0 saturated heterocycles. The van der Waals surface area contributed by atoms with Crippen LogP contribution in [0.15, 0.2) is 42.2 Å². The third-order valence-corrected chi connectivity index (χ3v) is 2.16. The van der Waals surface area contributed by atoms with Gasteiger partial charge in [-0.1, -0.05) is 24.3 Å². The minimum absolute atomic E-state index is 0.328. The largest absolute Gasteiger partial charge is 0.466 e. The Morgan fingerprint density at radius 1 is 1.28 bits per heavy atom. The Kier molecular flexibility index (Phi) is 4.99. The molecule has 0 amide bonds. The Morgan fingerprint density at radius 3 is 2.56 bits per heavy atom. The Labute approximate surface area is 105 Å². The average Bonchev–Trinajstić information content (AvgIpc) is 2.35.